The molecule has 0 saturated heterocycles. The van der Waals surface area contributed by atoms with Gasteiger partial charge in [-0.05, 0) is 37.3 Å². The van der Waals surface area contributed by atoms with Crippen molar-refractivity contribution in [2.24, 2.45) is 21.4 Å². The van der Waals surface area contributed by atoms with E-state index in [1.807, 2.05) is 31.2 Å². The lowest BCUT2D eigenvalue weighted by Gasteiger charge is -2.39. The highest BCUT2D eigenvalue weighted by Gasteiger charge is 2.71. The van der Waals surface area contributed by atoms with Gasteiger partial charge in [-0.3, -0.25) is 4.79 Å². The highest BCUT2D eigenvalue weighted by Crippen LogP contribution is 2.71. The lowest BCUT2D eigenvalue weighted by atomic mass is 9.64. The number of rotatable bonds is 4. The van der Waals surface area contributed by atoms with Gasteiger partial charge in [-0.1, -0.05) is 38.1 Å². The van der Waals surface area contributed by atoms with Gasteiger partial charge in [0.15, 0.2) is 0 Å². The van der Waals surface area contributed by atoms with E-state index in [4.69, 9.17) is 4.74 Å². The molecule has 2 bridgehead atoms. The third-order valence-corrected chi connectivity index (χ3v) is 6.72. The first-order valence-corrected chi connectivity index (χ1v) is 8.57. The minimum absolute atomic E-state index is 0.0120. The van der Waals surface area contributed by atoms with Gasteiger partial charge in [-0.15, -0.1) is 0 Å². The molecule has 24 heavy (non-hydrogen) atoms. The van der Waals surface area contributed by atoms with Crippen molar-refractivity contribution >= 4 is 17.3 Å². The largest absolute Gasteiger partial charge is 0.492 e. The van der Waals surface area contributed by atoms with E-state index in [1.54, 1.807) is 0 Å². The maximum absolute atomic E-state index is 13.3. The Kier molecular flexibility index (Phi) is 3.85. The Morgan fingerprint density at radius 1 is 1.29 bits per heavy atom. The minimum atomic E-state index is -0.553. The van der Waals surface area contributed by atoms with Crippen LogP contribution in [0.25, 0.3) is 0 Å². The van der Waals surface area contributed by atoms with E-state index in [2.05, 4.69) is 31.2 Å². The van der Waals surface area contributed by atoms with E-state index < -0.39 is 5.41 Å². The number of benzene rings is 1. The molecule has 1 amide bonds. The Morgan fingerprint density at radius 2 is 2.00 bits per heavy atom. The summed E-state index contributed by atoms with van der Waals surface area (Å²) in [6.07, 6.45) is 2.17. The predicted octanol–water partition coefficient (Wildman–Crippen LogP) is 4.07. The normalized spacial score (nSPS) is 32.1. The van der Waals surface area contributed by atoms with Crippen LogP contribution in [0.15, 0.2) is 29.4 Å². The standard InChI is InChI=1S/C19H26N2O3/c1-5-24-14-9-7-6-8-13(14)20-16(22)19-11-10-18(4,17(19,2)3)15(12-19)21-23/h6-9,23H,5,10-12H2,1-4H3,(H,20,22)/b21-15+. The first-order valence-electron chi connectivity index (χ1n) is 8.57. The molecule has 2 fully saturated rings. The summed E-state index contributed by atoms with van der Waals surface area (Å²) >= 11 is 0. The van der Waals surface area contributed by atoms with Gasteiger partial charge in [-0.25, -0.2) is 0 Å². The van der Waals surface area contributed by atoms with Crippen molar-refractivity contribution < 1.29 is 14.7 Å². The first kappa shape index (κ1) is 16.8. The molecule has 1 aromatic carbocycles. The van der Waals surface area contributed by atoms with Gasteiger partial charge >= 0.3 is 0 Å². The van der Waals surface area contributed by atoms with Crippen molar-refractivity contribution in [3.05, 3.63) is 24.3 Å². The van der Waals surface area contributed by atoms with E-state index in [0.717, 1.165) is 18.6 Å². The zero-order valence-corrected chi connectivity index (χ0v) is 14.8. The molecule has 3 rings (SSSR count). The smallest absolute Gasteiger partial charge is 0.231 e. The van der Waals surface area contributed by atoms with Gasteiger partial charge in [-0.2, -0.15) is 0 Å². The van der Waals surface area contributed by atoms with Crippen LogP contribution < -0.4 is 10.1 Å². The second kappa shape index (κ2) is 5.50. The van der Waals surface area contributed by atoms with Crippen LogP contribution in [0, 0.1) is 16.2 Å². The van der Waals surface area contributed by atoms with Crippen LogP contribution in [-0.4, -0.2) is 23.4 Å². The number of amides is 1. The first-order chi connectivity index (χ1) is 11.3. The summed E-state index contributed by atoms with van der Waals surface area (Å²) in [4.78, 5) is 13.3. The molecule has 2 unspecified atom stereocenters. The Balaban J connectivity index is 1.94. The number of anilines is 1. The molecule has 0 spiro atoms. The number of nitrogens with zero attached hydrogens (tertiary/aromatic N) is 1. The summed E-state index contributed by atoms with van der Waals surface area (Å²) in [6.45, 7) is 8.81. The molecule has 0 aliphatic heterocycles. The van der Waals surface area contributed by atoms with Crippen molar-refractivity contribution in [3.8, 4) is 5.75 Å². The maximum Gasteiger partial charge on any atom is 0.231 e. The summed E-state index contributed by atoms with van der Waals surface area (Å²) in [6, 6.07) is 7.49. The number of carbonyl (C=O) groups excluding carboxylic acids is 1. The number of para-hydroxylation sites is 2. The van der Waals surface area contributed by atoms with Crippen molar-refractivity contribution in [3.63, 3.8) is 0 Å². The van der Waals surface area contributed by atoms with Crippen LogP contribution in [0.2, 0.25) is 0 Å². The quantitative estimate of drug-likeness (QED) is 0.646. The molecule has 2 aliphatic rings. The van der Waals surface area contributed by atoms with Crippen LogP contribution in [0.5, 0.6) is 5.75 Å². The number of fused-ring (bicyclic) bond motifs is 2. The van der Waals surface area contributed by atoms with Gasteiger partial charge in [0.25, 0.3) is 0 Å². The monoisotopic (exact) mass is 330 g/mol. The van der Waals surface area contributed by atoms with E-state index in [9.17, 15) is 10.0 Å². The number of hydrogen-bond donors (Lipinski definition) is 2. The molecular weight excluding hydrogens is 304 g/mol. The van der Waals surface area contributed by atoms with E-state index in [-0.39, 0.29) is 16.7 Å². The summed E-state index contributed by atoms with van der Waals surface area (Å²) in [5, 5.41) is 16.0. The second-order valence-corrected chi connectivity index (χ2v) is 7.65. The summed E-state index contributed by atoms with van der Waals surface area (Å²) in [5.74, 6) is 0.666. The van der Waals surface area contributed by atoms with Crippen molar-refractivity contribution in [2.45, 2.75) is 47.0 Å². The molecule has 2 aliphatic carbocycles. The Bertz CT molecular complexity index is 698. The predicted molar refractivity (Wildman–Crippen MR) is 93.6 cm³/mol. The molecule has 2 atom stereocenters. The fraction of sp³-hybridized carbons (Fsp3) is 0.579. The highest BCUT2D eigenvalue weighted by molar-refractivity contribution is 6.06. The van der Waals surface area contributed by atoms with E-state index in [0.29, 0.717) is 24.5 Å². The van der Waals surface area contributed by atoms with Gasteiger partial charge in [0.2, 0.25) is 5.91 Å². The summed E-state index contributed by atoms with van der Waals surface area (Å²) < 4.78 is 5.61. The molecule has 1 aromatic rings. The topological polar surface area (TPSA) is 70.9 Å². The molecule has 0 radical (unpaired) electrons. The fourth-order valence-electron chi connectivity index (χ4n) is 4.63. The lowest BCUT2D eigenvalue weighted by Crippen LogP contribution is -2.43. The Morgan fingerprint density at radius 3 is 2.62 bits per heavy atom. The zero-order chi connectivity index (χ0) is 17.6. The Labute approximate surface area is 143 Å². The molecule has 2 saturated carbocycles. The van der Waals surface area contributed by atoms with E-state index >= 15 is 0 Å². The minimum Gasteiger partial charge on any atom is -0.492 e. The number of hydrogen-bond acceptors (Lipinski definition) is 4. The molecular formula is C19H26N2O3. The molecule has 0 heterocycles. The van der Waals surface area contributed by atoms with Crippen molar-refractivity contribution in [1.82, 2.24) is 0 Å². The molecule has 5 heteroatoms. The third kappa shape index (κ3) is 2.00. The van der Waals surface area contributed by atoms with Crippen LogP contribution in [0.4, 0.5) is 5.69 Å². The third-order valence-electron chi connectivity index (χ3n) is 6.72. The second-order valence-electron chi connectivity index (χ2n) is 7.65. The maximum atomic E-state index is 13.3. The fourth-order valence-corrected chi connectivity index (χ4v) is 4.63. The van der Waals surface area contributed by atoms with Crippen molar-refractivity contribution in [1.29, 1.82) is 0 Å². The van der Waals surface area contributed by atoms with E-state index in [1.165, 1.54) is 0 Å². The molecule has 5 nitrogen and oxygen atoms in total. The Hall–Kier alpha value is -2.04. The average molecular weight is 330 g/mol. The van der Waals surface area contributed by atoms with Gasteiger partial charge in [0.05, 0.1) is 23.4 Å². The summed E-state index contributed by atoms with van der Waals surface area (Å²) in [5.41, 5.74) is 0.373. The van der Waals surface area contributed by atoms with Crippen molar-refractivity contribution in [2.75, 3.05) is 11.9 Å². The van der Waals surface area contributed by atoms with Gasteiger partial charge < -0.3 is 15.3 Å². The molecule has 2 N–H and O–H groups in total. The molecule has 130 valence electrons. The number of nitrogens with one attached hydrogen (secondary N) is 1. The average Bonchev–Trinajstić information content (AvgIpc) is 2.87. The summed E-state index contributed by atoms with van der Waals surface area (Å²) in [7, 11) is 0. The zero-order valence-electron chi connectivity index (χ0n) is 14.8. The lowest BCUT2D eigenvalue weighted by molar-refractivity contribution is -0.130. The number of ether oxygens (including phenoxy) is 1. The van der Waals surface area contributed by atoms with Crippen LogP contribution in [0.3, 0.4) is 0 Å². The van der Waals surface area contributed by atoms with Gasteiger partial charge in [0.1, 0.15) is 5.75 Å². The highest BCUT2D eigenvalue weighted by atomic mass is 16.5. The van der Waals surface area contributed by atoms with Crippen LogP contribution in [-0.2, 0) is 4.79 Å². The SMILES string of the molecule is CCOc1ccccc1NC(=O)C12CCC(C)(/C(=N/O)C1)C2(C)C. The number of oxime groups is 1. The number of carbonyl (C=O) groups is 1. The van der Waals surface area contributed by atoms with Crippen LogP contribution >= 0.6 is 0 Å². The molecule has 0 aromatic heterocycles. The van der Waals surface area contributed by atoms with Crippen LogP contribution in [0.1, 0.15) is 47.0 Å². The van der Waals surface area contributed by atoms with Gasteiger partial charge in [0, 0.05) is 11.8 Å².